The zero-order chi connectivity index (χ0) is 15.2. The fourth-order valence-corrected chi connectivity index (χ4v) is 2.39. The molecule has 0 radical (unpaired) electrons. The lowest BCUT2D eigenvalue weighted by Crippen LogP contribution is -2.11. The molecule has 110 valence electrons. The first-order valence-electron chi connectivity index (χ1n) is 6.94. The van der Waals surface area contributed by atoms with Gasteiger partial charge in [-0.3, -0.25) is 0 Å². The molecule has 0 amide bonds. The molecule has 21 heavy (non-hydrogen) atoms. The standard InChI is InChI=1S/C16H17BrN2O2/c1-3-6-14-13(16(20)21-4-2)10-18-15(19-14)11-7-5-8-12(17)9-11/h5,7-10H,3-4,6H2,1-2H3. The molecule has 4 nitrogen and oxygen atoms in total. The van der Waals surface area contributed by atoms with Crippen LogP contribution in [0, 0.1) is 0 Å². The molecule has 0 aliphatic rings. The number of aromatic nitrogens is 2. The van der Waals surface area contributed by atoms with Gasteiger partial charge in [0.25, 0.3) is 0 Å². The number of hydrogen-bond donors (Lipinski definition) is 0. The van der Waals surface area contributed by atoms with Crippen LogP contribution in [0.15, 0.2) is 34.9 Å². The van der Waals surface area contributed by atoms with E-state index in [9.17, 15) is 4.79 Å². The largest absolute Gasteiger partial charge is 0.462 e. The van der Waals surface area contributed by atoms with E-state index < -0.39 is 0 Å². The number of aryl methyl sites for hydroxylation is 1. The molecule has 0 saturated carbocycles. The van der Waals surface area contributed by atoms with Crippen molar-refractivity contribution in [3.05, 3.63) is 46.2 Å². The molecule has 0 spiro atoms. The summed E-state index contributed by atoms with van der Waals surface area (Å²) in [6.07, 6.45) is 3.19. The van der Waals surface area contributed by atoms with E-state index in [4.69, 9.17) is 4.74 Å². The SMILES string of the molecule is CCCc1nc(-c2cccc(Br)c2)ncc1C(=O)OCC. The molecule has 0 unspecified atom stereocenters. The highest BCUT2D eigenvalue weighted by molar-refractivity contribution is 9.10. The lowest BCUT2D eigenvalue weighted by Gasteiger charge is -2.09. The topological polar surface area (TPSA) is 52.1 Å². The number of halogens is 1. The molecule has 1 heterocycles. The Hall–Kier alpha value is -1.75. The lowest BCUT2D eigenvalue weighted by atomic mass is 10.1. The molecule has 0 aliphatic carbocycles. The Bertz CT molecular complexity index is 644. The van der Waals surface area contributed by atoms with Crippen LogP contribution in [0.2, 0.25) is 0 Å². The van der Waals surface area contributed by atoms with E-state index in [0.717, 1.165) is 28.6 Å². The van der Waals surface area contributed by atoms with Crippen LogP contribution in [0.3, 0.4) is 0 Å². The molecule has 0 N–H and O–H groups in total. The maximum atomic E-state index is 11.9. The number of ether oxygens (including phenoxy) is 1. The Morgan fingerprint density at radius 3 is 2.81 bits per heavy atom. The number of hydrogen-bond acceptors (Lipinski definition) is 4. The van der Waals surface area contributed by atoms with Crippen LogP contribution < -0.4 is 0 Å². The van der Waals surface area contributed by atoms with Crippen molar-refractivity contribution in [3.63, 3.8) is 0 Å². The quantitative estimate of drug-likeness (QED) is 0.765. The van der Waals surface area contributed by atoms with Gasteiger partial charge in [0.2, 0.25) is 0 Å². The number of benzene rings is 1. The van der Waals surface area contributed by atoms with Crippen LogP contribution in [-0.4, -0.2) is 22.5 Å². The number of esters is 1. The molecule has 0 saturated heterocycles. The van der Waals surface area contributed by atoms with Crippen molar-refractivity contribution >= 4 is 21.9 Å². The Morgan fingerprint density at radius 2 is 2.14 bits per heavy atom. The van der Waals surface area contributed by atoms with E-state index in [2.05, 4.69) is 32.8 Å². The first-order valence-corrected chi connectivity index (χ1v) is 7.74. The Morgan fingerprint density at radius 1 is 1.33 bits per heavy atom. The van der Waals surface area contributed by atoms with Crippen LogP contribution >= 0.6 is 15.9 Å². The highest BCUT2D eigenvalue weighted by Gasteiger charge is 2.15. The van der Waals surface area contributed by atoms with Crippen molar-refractivity contribution in [2.24, 2.45) is 0 Å². The van der Waals surface area contributed by atoms with Crippen LogP contribution in [0.4, 0.5) is 0 Å². The van der Waals surface area contributed by atoms with Crippen LogP contribution in [0.25, 0.3) is 11.4 Å². The van der Waals surface area contributed by atoms with Crippen LogP contribution in [0.5, 0.6) is 0 Å². The number of rotatable bonds is 5. The van der Waals surface area contributed by atoms with Gasteiger partial charge in [0.05, 0.1) is 17.9 Å². The van der Waals surface area contributed by atoms with Gasteiger partial charge in [-0.25, -0.2) is 14.8 Å². The van der Waals surface area contributed by atoms with E-state index in [0.29, 0.717) is 18.0 Å². The Balaban J connectivity index is 2.42. The number of nitrogens with zero attached hydrogens (tertiary/aromatic N) is 2. The minimum Gasteiger partial charge on any atom is -0.462 e. The second kappa shape index (κ2) is 7.31. The summed E-state index contributed by atoms with van der Waals surface area (Å²) in [5.74, 6) is 0.259. The highest BCUT2D eigenvalue weighted by Crippen LogP contribution is 2.21. The third-order valence-electron chi connectivity index (χ3n) is 2.93. The minimum absolute atomic E-state index is 0.345. The minimum atomic E-state index is -0.359. The molecule has 0 aliphatic heterocycles. The van der Waals surface area contributed by atoms with Crippen molar-refractivity contribution in [3.8, 4) is 11.4 Å². The second-order valence-corrected chi connectivity index (χ2v) is 5.45. The van der Waals surface area contributed by atoms with E-state index in [1.54, 1.807) is 13.1 Å². The van der Waals surface area contributed by atoms with Gasteiger partial charge in [-0.1, -0.05) is 41.4 Å². The average Bonchev–Trinajstić information content (AvgIpc) is 2.48. The Kier molecular flexibility index (Phi) is 5.44. The Labute approximate surface area is 132 Å². The zero-order valence-corrected chi connectivity index (χ0v) is 13.7. The van der Waals surface area contributed by atoms with E-state index in [-0.39, 0.29) is 5.97 Å². The smallest absolute Gasteiger partial charge is 0.341 e. The number of carbonyl (C=O) groups excluding carboxylic acids is 1. The van der Waals surface area contributed by atoms with Crippen molar-refractivity contribution < 1.29 is 9.53 Å². The molecule has 1 aromatic carbocycles. The van der Waals surface area contributed by atoms with Crippen molar-refractivity contribution in [2.75, 3.05) is 6.61 Å². The molecule has 2 rings (SSSR count). The monoisotopic (exact) mass is 348 g/mol. The normalized spacial score (nSPS) is 10.4. The van der Waals surface area contributed by atoms with Gasteiger partial charge in [0.15, 0.2) is 5.82 Å². The summed E-state index contributed by atoms with van der Waals surface area (Å²) >= 11 is 3.44. The lowest BCUT2D eigenvalue weighted by molar-refractivity contribution is 0.0524. The summed E-state index contributed by atoms with van der Waals surface area (Å²) in [6.45, 7) is 4.18. The van der Waals surface area contributed by atoms with Crippen LogP contribution in [0.1, 0.15) is 36.3 Å². The van der Waals surface area contributed by atoms with Gasteiger partial charge < -0.3 is 4.74 Å². The molecule has 5 heteroatoms. The van der Waals surface area contributed by atoms with Gasteiger partial charge in [-0.05, 0) is 25.5 Å². The summed E-state index contributed by atoms with van der Waals surface area (Å²) < 4.78 is 6.02. The first kappa shape index (κ1) is 15.6. The first-order chi connectivity index (χ1) is 10.2. The van der Waals surface area contributed by atoms with Crippen LogP contribution in [-0.2, 0) is 11.2 Å². The van der Waals surface area contributed by atoms with Crippen molar-refractivity contribution in [1.29, 1.82) is 0 Å². The molecule has 2 aromatic rings. The maximum absolute atomic E-state index is 11.9. The predicted molar refractivity (Wildman–Crippen MR) is 85.1 cm³/mol. The summed E-state index contributed by atoms with van der Waals surface area (Å²) in [6, 6.07) is 7.78. The van der Waals surface area contributed by atoms with Crippen molar-refractivity contribution in [2.45, 2.75) is 26.7 Å². The summed E-state index contributed by atoms with van der Waals surface area (Å²) in [7, 11) is 0. The molecular formula is C16H17BrN2O2. The third-order valence-corrected chi connectivity index (χ3v) is 3.43. The van der Waals surface area contributed by atoms with E-state index >= 15 is 0 Å². The summed E-state index contributed by atoms with van der Waals surface area (Å²) in [5.41, 5.74) is 2.11. The van der Waals surface area contributed by atoms with Gasteiger partial charge in [0, 0.05) is 16.2 Å². The molecule has 0 fully saturated rings. The molecule has 1 aromatic heterocycles. The summed E-state index contributed by atoms with van der Waals surface area (Å²) in [4.78, 5) is 20.8. The van der Waals surface area contributed by atoms with Gasteiger partial charge in [-0.2, -0.15) is 0 Å². The van der Waals surface area contributed by atoms with Gasteiger partial charge >= 0.3 is 5.97 Å². The zero-order valence-electron chi connectivity index (χ0n) is 12.1. The fraction of sp³-hybridized carbons (Fsp3) is 0.312. The maximum Gasteiger partial charge on any atom is 0.341 e. The summed E-state index contributed by atoms with van der Waals surface area (Å²) in [5, 5.41) is 0. The molecule has 0 bridgehead atoms. The fourth-order valence-electron chi connectivity index (χ4n) is 1.99. The average molecular weight is 349 g/mol. The number of carbonyl (C=O) groups is 1. The van der Waals surface area contributed by atoms with Gasteiger partial charge in [0.1, 0.15) is 0 Å². The van der Waals surface area contributed by atoms with E-state index in [1.165, 1.54) is 0 Å². The van der Waals surface area contributed by atoms with Crippen molar-refractivity contribution in [1.82, 2.24) is 9.97 Å². The predicted octanol–water partition coefficient (Wildman–Crippen LogP) is 4.04. The molecular weight excluding hydrogens is 332 g/mol. The highest BCUT2D eigenvalue weighted by atomic mass is 79.9. The second-order valence-electron chi connectivity index (χ2n) is 4.53. The third kappa shape index (κ3) is 3.88. The molecule has 0 atom stereocenters. The van der Waals surface area contributed by atoms with E-state index in [1.807, 2.05) is 24.3 Å². The van der Waals surface area contributed by atoms with Gasteiger partial charge in [-0.15, -0.1) is 0 Å².